The van der Waals surface area contributed by atoms with E-state index in [-0.39, 0.29) is 24.0 Å². The number of ether oxygens (including phenoxy) is 2. The molecule has 3 aliphatic heterocycles. The smallest absolute Gasteiger partial charge is 0.414 e. The van der Waals surface area contributed by atoms with E-state index in [4.69, 9.17) is 9.47 Å². The SMILES string of the molecule is COC(=O)N1C=C[C@@H]2C=C[C@H]1[C@@H]1C=CC=C[C@@H]2N1C(=O)OC. The number of nitrogens with zero attached hydrogens (tertiary/aromatic N) is 2. The van der Waals surface area contributed by atoms with Crippen LogP contribution in [-0.4, -0.2) is 54.3 Å². The van der Waals surface area contributed by atoms with Gasteiger partial charge in [0.25, 0.3) is 0 Å². The third-order valence-electron chi connectivity index (χ3n) is 4.21. The third-order valence-corrected chi connectivity index (χ3v) is 4.21. The number of carbonyl (C=O) groups excluding carboxylic acids is 2. The molecule has 6 heteroatoms. The molecule has 3 heterocycles. The van der Waals surface area contributed by atoms with E-state index in [1.54, 1.807) is 11.1 Å². The van der Waals surface area contributed by atoms with Gasteiger partial charge in [-0.15, -0.1) is 0 Å². The Labute approximate surface area is 129 Å². The monoisotopic (exact) mass is 302 g/mol. The van der Waals surface area contributed by atoms with E-state index < -0.39 is 12.2 Å². The van der Waals surface area contributed by atoms with Crippen molar-refractivity contribution in [1.29, 1.82) is 0 Å². The molecule has 0 saturated carbocycles. The van der Waals surface area contributed by atoms with Gasteiger partial charge < -0.3 is 9.47 Å². The number of carbonyl (C=O) groups is 2. The van der Waals surface area contributed by atoms with Crippen LogP contribution in [0.2, 0.25) is 0 Å². The second-order valence-electron chi connectivity index (χ2n) is 5.30. The molecule has 116 valence electrons. The zero-order valence-electron chi connectivity index (χ0n) is 12.5. The molecule has 2 amide bonds. The number of hydrogen-bond acceptors (Lipinski definition) is 4. The highest BCUT2D eigenvalue weighted by Crippen LogP contribution is 2.33. The Hall–Kier alpha value is -2.50. The molecule has 0 saturated heterocycles. The molecule has 0 fully saturated rings. The molecule has 4 bridgehead atoms. The maximum atomic E-state index is 12.3. The van der Waals surface area contributed by atoms with Crippen LogP contribution in [0.25, 0.3) is 0 Å². The largest absolute Gasteiger partial charge is 0.453 e. The maximum Gasteiger partial charge on any atom is 0.414 e. The van der Waals surface area contributed by atoms with Crippen molar-refractivity contribution in [3.05, 3.63) is 48.7 Å². The van der Waals surface area contributed by atoms with Crippen molar-refractivity contribution in [3.8, 4) is 0 Å². The van der Waals surface area contributed by atoms with Crippen molar-refractivity contribution in [2.24, 2.45) is 5.92 Å². The van der Waals surface area contributed by atoms with Gasteiger partial charge in [0.2, 0.25) is 0 Å². The molecule has 0 N–H and O–H groups in total. The van der Waals surface area contributed by atoms with Gasteiger partial charge in [-0.3, -0.25) is 9.80 Å². The number of rotatable bonds is 0. The Kier molecular flexibility index (Phi) is 3.75. The number of methoxy groups -OCH3 is 2. The van der Waals surface area contributed by atoms with Crippen molar-refractivity contribution >= 4 is 12.2 Å². The van der Waals surface area contributed by atoms with Gasteiger partial charge in [-0.05, 0) is 0 Å². The van der Waals surface area contributed by atoms with Gasteiger partial charge in [-0.2, -0.15) is 0 Å². The first-order chi connectivity index (χ1) is 10.7. The van der Waals surface area contributed by atoms with Gasteiger partial charge in [0.1, 0.15) is 0 Å². The standard InChI is InChI=1S/C16H18N2O4/c1-21-15(19)17-10-9-11-7-8-13(17)14-6-4-3-5-12(11)18(14)16(20)22-2/h3-14H,1-2H3/t11-,12-,13-,14-/m0/s1. The number of amides is 2. The first-order valence-corrected chi connectivity index (χ1v) is 7.11. The summed E-state index contributed by atoms with van der Waals surface area (Å²) in [7, 11) is 2.71. The van der Waals surface area contributed by atoms with Crippen LogP contribution in [0, 0.1) is 5.92 Å². The highest BCUT2D eigenvalue weighted by molar-refractivity contribution is 5.73. The molecule has 3 aliphatic rings. The normalized spacial score (nSPS) is 31.5. The summed E-state index contributed by atoms with van der Waals surface area (Å²) >= 11 is 0. The molecule has 3 rings (SSSR count). The summed E-state index contributed by atoms with van der Waals surface area (Å²) in [6, 6.07) is -0.809. The summed E-state index contributed by atoms with van der Waals surface area (Å²) in [5.41, 5.74) is 0. The van der Waals surface area contributed by atoms with Crippen molar-refractivity contribution < 1.29 is 19.1 Å². The van der Waals surface area contributed by atoms with Crippen molar-refractivity contribution in [2.75, 3.05) is 14.2 Å². The van der Waals surface area contributed by atoms with Crippen molar-refractivity contribution in [1.82, 2.24) is 9.80 Å². The highest BCUT2D eigenvalue weighted by Gasteiger charge is 2.43. The van der Waals surface area contributed by atoms with Crippen LogP contribution < -0.4 is 0 Å². The van der Waals surface area contributed by atoms with Crippen LogP contribution in [0.4, 0.5) is 9.59 Å². The molecule has 0 aliphatic carbocycles. The van der Waals surface area contributed by atoms with Crippen molar-refractivity contribution in [2.45, 2.75) is 18.1 Å². The molecular weight excluding hydrogens is 284 g/mol. The molecule has 0 aromatic rings. The summed E-state index contributed by atoms with van der Waals surface area (Å²) in [6.45, 7) is 0. The summed E-state index contributed by atoms with van der Waals surface area (Å²) in [5.74, 6) is -0.0302. The number of hydrogen-bond donors (Lipinski definition) is 0. The average molecular weight is 302 g/mol. The van der Waals surface area contributed by atoms with Gasteiger partial charge in [-0.1, -0.05) is 42.5 Å². The lowest BCUT2D eigenvalue weighted by Gasteiger charge is -2.40. The maximum absolute atomic E-state index is 12.3. The average Bonchev–Trinajstić information content (AvgIpc) is 2.95. The van der Waals surface area contributed by atoms with Crippen LogP contribution in [-0.2, 0) is 9.47 Å². The molecule has 6 nitrogen and oxygen atoms in total. The molecule has 0 aromatic carbocycles. The van der Waals surface area contributed by atoms with E-state index in [0.717, 1.165) is 0 Å². The van der Waals surface area contributed by atoms with Gasteiger partial charge >= 0.3 is 12.2 Å². The first-order valence-electron chi connectivity index (χ1n) is 7.11. The third kappa shape index (κ3) is 2.20. The Morgan fingerprint density at radius 3 is 2.18 bits per heavy atom. The Morgan fingerprint density at radius 1 is 0.818 bits per heavy atom. The number of fused-ring (bicyclic) bond motifs is 6. The van der Waals surface area contributed by atoms with E-state index >= 15 is 0 Å². The zero-order chi connectivity index (χ0) is 15.7. The second-order valence-corrected chi connectivity index (χ2v) is 5.30. The van der Waals surface area contributed by atoms with E-state index in [1.807, 2.05) is 42.5 Å². The lowest BCUT2D eigenvalue weighted by Crippen LogP contribution is -2.56. The fourth-order valence-corrected chi connectivity index (χ4v) is 3.17. The molecular formula is C16H18N2O4. The fraction of sp³-hybridized carbons (Fsp3) is 0.375. The minimum Gasteiger partial charge on any atom is -0.453 e. The van der Waals surface area contributed by atoms with Crippen LogP contribution in [0.3, 0.4) is 0 Å². The van der Waals surface area contributed by atoms with Gasteiger partial charge in [0.05, 0.1) is 32.3 Å². The zero-order valence-corrected chi connectivity index (χ0v) is 12.5. The molecule has 0 aromatic heterocycles. The van der Waals surface area contributed by atoms with Gasteiger partial charge in [-0.25, -0.2) is 9.59 Å². The lowest BCUT2D eigenvalue weighted by atomic mass is 9.97. The van der Waals surface area contributed by atoms with E-state index in [1.165, 1.54) is 19.1 Å². The van der Waals surface area contributed by atoms with E-state index in [9.17, 15) is 9.59 Å². The van der Waals surface area contributed by atoms with Crippen LogP contribution >= 0.6 is 0 Å². The van der Waals surface area contributed by atoms with E-state index in [0.29, 0.717) is 0 Å². The molecule has 0 spiro atoms. The molecule has 4 atom stereocenters. The summed E-state index contributed by atoms with van der Waals surface area (Å²) < 4.78 is 9.81. The predicted octanol–water partition coefficient (Wildman–Crippen LogP) is 2.07. The highest BCUT2D eigenvalue weighted by atomic mass is 16.5. The van der Waals surface area contributed by atoms with Crippen LogP contribution in [0.15, 0.2) is 48.7 Å². The van der Waals surface area contributed by atoms with Crippen molar-refractivity contribution in [3.63, 3.8) is 0 Å². The topological polar surface area (TPSA) is 59.1 Å². The Bertz CT molecular complexity index is 593. The molecule has 0 unspecified atom stereocenters. The van der Waals surface area contributed by atoms with Crippen LogP contribution in [0.5, 0.6) is 0 Å². The second kappa shape index (κ2) is 5.71. The molecule has 0 radical (unpaired) electrons. The number of allylic oxidation sites excluding steroid dienone is 2. The van der Waals surface area contributed by atoms with Crippen LogP contribution in [0.1, 0.15) is 0 Å². The summed E-state index contributed by atoms with van der Waals surface area (Å²) in [6.07, 6.45) is 14.4. The lowest BCUT2D eigenvalue weighted by molar-refractivity contribution is 0.0739. The van der Waals surface area contributed by atoms with Gasteiger partial charge in [0, 0.05) is 12.1 Å². The Morgan fingerprint density at radius 2 is 1.50 bits per heavy atom. The predicted molar refractivity (Wildman–Crippen MR) is 79.9 cm³/mol. The Balaban J connectivity index is 2.10. The van der Waals surface area contributed by atoms with Gasteiger partial charge in [0.15, 0.2) is 0 Å². The minimum absolute atomic E-state index is 0.0302. The van der Waals surface area contributed by atoms with E-state index in [2.05, 4.69) is 0 Å². The summed E-state index contributed by atoms with van der Waals surface area (Å²) in [4.78, 5) is 27.5. The summed E-state index contributed by atoms with van der Waals surface area (Å²) in [5, 5.41) is 0. The quantitative estimate of drug-likeness (QED) is 0.643. The molecule has 22 heavy (non-hydrogen) atoms. The fourth-order valence-electron chi connectivity index (χ4n) is 3.17. The first kappa shape index (κ1) is 14.4. The minimum atomic E-state index is -0.458.